The molecule has 0 bridgehead atoms. The third-order valence-corrected chi connectivity index (χ3v) is 5.01. The number of furan rings is 1. The van der Waals surface area contributed by atoms with Crippen LogP contribution in [-0.4, -0.2) is 47.1 Å². The molecule has 1 aliphatic carbocycles. The van der Waals surface area contributed by atoms with Crippen molar-refractivity contribution in [2.24, 2.45) is 0 Å². The maximum absolute atomic E-state index is 12.4. The summed E-state index contributed by atoms with van der Waals surface area (Å²) in [4.78, 5) is 25.1. The maximum atomic E-state index is 12.4. The van der Waals surface area contributed by atoms with Crippen molar-refractivity contribution in [3.63, 3.8) is 0 Å². The van der Waals surface area contributed by atoms with E-state index < -0.39 is 5.97 Å². The second-order valence-electron chi connectivity index (χ2n) is 6.40. The van der Waals surface area contributed by atoms with Gasteiger partial charge in [0.25, 0.3) is 5.91 Å². The van der Waals surface area contributed by atoms with Crippen LogP contribution >= 0.6 is 11.6 Å². The lowest BCUT2D eigenvalue weighted by Gasteiger charge is -2.42. The number of hydrogen-bond donors (Lipinski definition) is 2. The fourth-order valence-electron chi connectivity index (χ4n) is 3.20. The normalized spacial score (nSPS) is 19.2. The highest BCUT2D eigenvalue weighted by Gasteiger charge is 2.35. The van der Waals surface area contributed by atoms with Crippen LogP contribution < -0.4 is 5.32 Å². The Labute approximate surface area is 156 Å². The van der Waals surface area contributed by atoms with Gasteiger partial charge in [-0.15, -0.1) is 0 Å². The number of carbonyl (C=O) groups is 2. The van der Waals surface area contributed by atoms with E-state index in [9.17, 15) is 9.59 Å². The molecule has 138 valence electrons. The average Bonchev–Trinajstić information content (AvgIpc) is 3.06. The monoisotopic (exact) mass is 376 g/mol. The minimum atomic E-state index is -0.831. The van der Waals surface area contributed by atoms with Gasteiger partial charge >= 0.3 is 5.97 Å². The first-order chi connectivity index (χ1) is 12.5. The molecule has 26 heavy (non-hydrogen) atoms. The van der Waals surface area contributed by atoms with Gasteiger partial charge in [0, 0.05) is 17.6 Å². The van der Waals surface area contributed by atoms with Crippen molar-refractivity contribution in [2.75, 3.05) is 13.1 Å². The zero-order valence-corrected chi connectivity index (χ0v) is 15.2. The fraction of sp³-hybridized carbons (Fsp3) is 0.368. The molecule has 0 spiro atoms. The molecule has 1 saturated carbocycles. The third kappa shape index (κ3) is 4.08. The summed E-state index contributed by atoms with van der Waals surface area (Å²) in [7, 11) is 0. The number of hydrogen-bond acceptors (Lipinski definition) is 4. The van der Waals surface area contributed by atoms with E-state index in [1.807, 2.05) is 30.0 Å². The molecule has 0 aliphatic heterocycles. The molecular weight excluding hydrogens is 356 g/mol. The second-order valence-corrected chi connectivity index (χ2v) is 6.80. The summed E-state index contributed by atoms with van der Waals surface area (Å²) in [5.74, 6) is -0.317. The van der Waals surface area contributed by atoms with E-state index in [4.69, 9.17) is 21.1 Å². The van der Waals surface area contributed by atoms with Gasteiger partial charge in [0.15, 0.2) is 5.76 Å². The van der Waals surface area contributed by atoms with Crippen LogP contribution in [0.25, 0.3) is 11.3 Å². The number of halogens is 1. The Morgan fingerprint density at radius 3 is 2.65 bits per heavy atom. The van der Waals surface area contributed by atoms with Crippen LogP contribution in [0.1, 0.15) is 30.3 Å². The lowest BCUT2D eigenvalue weighted by molar-refractivity contribution is -0.139. The molecule has 2 aromatic rings. The zero-order chi connectivity index (χ0) is 18.7. The van der Waals surface area contributed by atoms with E-state index >= 15 is 0 Å². The number of carbonyl (C=O) groups excluding carboxylic acids is 1. The Hall–Kier alpha value is -2.31. The SMILES string of the molecule is CCN(CC(=O)O)C1CC(NC(=O)c2ccc(-c3ccccc3Cl)o2)C1. The van der Waals surface area contributed by atoms with Crippen LogP contribution in [0, 0.1) is 0 Å². The summed E-state index contributed by atoms with van der Waals surface area (Å²) >= 11 is 6.15. The van der Waals surface area contributed by atoms with Crippen LogP contribution in [0.15, 0.2) is 40.8 Å². The fourth-order valence-corrected chi connectivity index (χ4v) is 3.43. The molecule has 1 fully saturated rings. The number of aliphatic carboxylic acids is 1. The highest BCUT2D eigenvalue weighted by atomic mass is 35.5. The van der Waals surface area contributed by atoms with E-state index in [1.165, 1.54) is 0 Å². The van der Waals surface area contributed by atoms with Crippen molar-refractivity contribution >= 4 is 23.5 Å². The van der Waals surface area contributed by atoms with E-state index in [0.717, 1.165) is 18.4 Å². The molecule has 1 aliphatic rings. The van der Waals surface area contributed by atoms with E-state index in [0.29, 0.717) is 17.3 Å². The van der Waals surface area contributed by atoms with Crippen molar-refractivity contribution in [1.29, 1.82) is 0 Å². The van der Waals surface area contributed by atoms with Crippen LogP contribution in [0.2, 0.25) is 5.02 Å². The zero-order valence-electron chi connectivity index (χ0n) is 14.4. The van der Waals surface area contributed by atoms with Gasteiger partial charge < -0.3 is 14.8 Å². The summed E-state index contributed by atoms with van der Waals surface area (Å²) in [5.41, 5.74) is 0.740. The molecule has 0 saturated heterocycles. The quantitative estimate of drug-likeness (QED) is 0.775. The number of benzene rings is 1. The number of rotatable bonds is 7. The van der Waals surface area contributed by atoms with E-state index in [-0.39, 0.29) is 30.3 Å². The lowest BCUT2D eigenvalue weighted by atomic mass is 9.85. The highest BCUT2D eigenvalue weighted by Crippen LogP contribution is 2.30. The van der Waals surface area contributed by atoms with Crippen LogP contribution in [0.5, 0.6) is 0 Å². The molecule has 1 amide bonds. The molecule has 0 atom stereocenters. The van der Waals surface area contributed by atoms with Crippen molar-refractivity contribution < 1.29 is 19.1 Å². The predicted octanol–water partition coefficient (Wildman–Crippen LogP) is 3.27. The highest BCUT2D eigenvalue weighted by molar-refractivity contribution is 6.33. The minimum Gasteiger partial charge on any atom is -0.480 e. The first-order valence-corrected chi connectivity index (χ1v) is 8.97. The Morgan fingerprint density at radius 1 is 1.27 bits per heavy atom. The Bertz CT molecular complexity index is 798. The van der Waals surface area contributed by atoms with Gasteiger partial charge in [0.05, 0.1) is 11.6 Å². The molecule has 7 heteroatoms. The van der Waals surface area contributed by atoms with Crippen LogP contribution in [0.3, 0.4) is 0 Å². The summed E-state index contributed by atoms with van der Waals surface area (Å²) in [6, 6.07) is 10.9. The second kappa shape index (κ2) is 7.93. The van der Waals surface area contributed by atoms with Gasteiger partial charge in [-0.1, -0.05) is 30.7 Å². The number of nitrogens with zero attached hydrogens (tertiary/aromatic N) is 1. The number of carboxylic acid groups (broad SMARTS) is 1. The van der Waals surface area contributed by atoms with Gasteiger partial charge in [0.2, 0.25) is 0 Å². The van der Waals surface area contributed by atoms with Gasteiger partial charge in [-0.2, -0.15) is 0 Å². The van der Waals surface area contributed by atoms with Crippen LogP contribution in [-0.2, 0) is 4.79 Å². The summed E-state index contributed by atoms with van der Waals surface area (Å²) in [6.07, 6.45) is 1.48. The van der Waals surface area contributed by atoms with E-state index in [2.05, 4.69) is 5.32 Å². The molecule has 1 aromatic heterocycles. The maximum Gasteiger partial charge on any atom is 0.317 e. The number of likely N-dealkylation sites (N-methyl/N-ethyl adjacent to an activating group) is 1. The first-order valence-electron chi connectivity index (χ1n) is 8.59. The van der Waals surface area contributed by atoms with Crippen LogP contribution in [0.4, 0.5) is 0 Å². The minimum absolute atomic E-state index is 0.0290. The average molecular weight is 377 g/mol. The van der Waals surface area contributed by atoms with Crippen molar-refractivity contribution in [3.8, 4) is 11.3 Å². The van der Waals surface area contributed by atoms with Gasteiger partial charge in [0.1, 0.15) is 5.76 Å². The Kier molecular flexibility index (Phi) is 5.64. The van der Waals surface area contributed by atoms with Crippen molar-refractivity contribution in [2.45, 2.75) is 31.8 Å². The standard InChI is InChI=1S/C19H21ClN2O4/c1-2-22(11-18(23)24)13-9-12(10-13)21-19(25)17-8-7-16(26-17)14-5-3-4-6-15(14)20/h3-8,12-13H,2,9-11H2,1H3,(H,21,25)(H,23,24). The first kappa shape index (κ1) is 18.5. The van der Waals surface area contributed by atoms with Gasteiger partial charge in [-0.25, -0.2) is 0 Å². The molecule has 3 rings (SSSR count). The number of carboxylic acids is 1. The van der Waals surface area contributed by atoms with Gasteiger partial charge in [-0.3, -0.25) is 14.5 Å². The summed E-state index contributed by atoms with van der Waals surface area (Å²) in [5, 5.41) is 12.4. The van der Waals surface area contributed by atoms with Gasteiger partial charge in [-0.05, 0) is 43.7 Å². The summed E-state index contributed by atoms with van der Waals surface area (Å²) in [6.45, 7) is 2.65. The molecule has 0 radical (unpaired) electrons. The molecule has 2 N–H and O–H groups in total. The molecule has 0 unspecified atom stereocenters. The van der Waals surface area contributed by atoms with E-state index in [1.54, 1.807) is 18.2 Å². The Morgan fingerprint density at radius 2 is 2.00 bits per heavy atom. The van der Waals surface area contributed by atoms with Crippen molar-refractivity contribution in [3.05, 3.63) is 47.2 Å². The smallest absolute Gasteiger partial charge is 0.317 e. The predicted molar refractivity (Wildman–Crippen MR) is 98.3 cm³/mol. The number of nitrogens with one attached hydrogen (secondary N) is 1. The molecule has 1 heterocycles. The Balaban J connectivity index is 1.56. The molecule has 1 aromatic carbocycles. The lowest BCUT2D eigenvalue weighted by Crippen LogP contribution is -2.54. The molecule has 6 nitrogen and oxygen atoms in total. The largest absolute Gasteiger partial charge is 0.480 e. The number of amides is 1. The topological polar surface area (TPSA) is 82.8 Å². The third-order valence-electron chi connectivity index (χ3n) is 4.68. The summed E-state index contributed by atoms with van der Waals surface area (Å²) < 4.78 is 5.65. The van der Waals surface area contributed by atoms with Crippen molar-refractivity contribution in [1.82, 2.24) is 10.2 Å². The molecular formula is C19H21ClN2O4.